The number of pyridine rings is 1. The highest BCUT2D eigenvalue weighted by Crippen LogP contribution is 2.47. The molecular formula is C18H13F4N5O2. The summed E-state index contributed by atoms with van der Waals surface area (Å²) in [6, 6.07) is 6.53. The molecule has 1 atom stereocenters. The molecule has 1 aliphatic rings. The fourth-order valence-corrected chi connectivity index (χ4v) is 2.84. The molecule has 0 radical (unpaired) electrons. The molecule has 2 heterocycles. The van der Waals surface area contributed by atoms with Crippen molar-refractivity contribution in [2.24, 2.45) is 10.7 Å². The van der Waals surface area contributed by atoms with Gasteiger partial charge in [0.2, 0.25) is 0 Å². The number of nitriles is 1. The van der Waals surface area contributed by atoms with Crippen LogP contribution in [0.25, 0.3) is 0 Å². The maximum atomic E-state index is 14.4. The van der Waals surface area contributed by atoms with Crippen LogP contribution in [0, 0.1) is 17.1 Å². The van der Waals surface area contributed by atoms with E-state index >= 15 is 0 Å². The van der Waals surface area contributed by atoms with Crippen molar-refractivity contribution in [3.05, 3.63) is 59.2 Å². The van der Waals surface area contributed by atoms with Crippen LogP contribution in [0.2, 0.25) is 0 Å². The van der Waals surface area contributed by atoms with E-state index < -0.39 is 48.1 Å². The summed E-state index contributed by atoms with van der Waals surface area (Å²) in [6.07, 6.45) is -4.47. The zero-order valence-electron chi connectivity index (χ0n) is 14.6. The Balaban J connectivity index is 1.98. The number of ether oxygens (including phenoxy) is 1. The molecule has 0 fully saturated rings. The van der Waals surface area contributed by atoms with Gasteiger partial charge in [-0.1, -0.05) is 0 Å². The van der Waals surface area contributed by atoms with Crippen LogP contribution in [0.5, 0.6) is 0 Å². The predicted octanol–water partition coefficient (Wildman–Crippen LogP) is 2.84. The quantitative estimate of drug-likeness (QED) is 0.760. The van der Waals surface area contributed by atoms with Gasteiger partial charge in [0.25, 0.3) is 11.9 Å². The number of aromatic nitrogens is 1. The summed E-state index contributed by atoms with van der Waals surface area (Å²) in [5.74, 6) is -1.90. The van der Waals surface area contributed by atoms with Crippen LogP contribution in [-0.2, 0) is 10.3 Å². The van der Waals surface area contributed by atoms with Crippen molar-refractivity contribution in [2.75, 3.05) is 11.9 Å². The van der Waals surface area contributed by atoms with Gasteiger partial charge in [-0.05, 0) is 30.3 Å². The van der Waals surface area contributed by atoms with Crippen LogP contribution in [0.3, 0.4) is 0 Å². The Morgan fingerprint density at radius 2 is 2.07 bits per heavy atom. The minimum atomic E-state index is -4.96. The molecule has 1 aromatic carbocycles. The maximum Gasteiger partial charge on any atom is 0.418 e. The van der Waals surface area contributed by atoms with Gasteiger partial charge in [-0.2, -0.15) is 18.4 Å². The largest absolute Gasteiger partial charge is 0.465 e. The molecule has 0 saturated carbocycles. The summed E-state index contributed by atoms with van der Waals surface area (Å²) in [6.45, 7) is -0.403. The summed E-state index contributed by atoms with van der Waals surface area (Å²) in [5, 5.41) is 11.1. The molecular weight excluding hydrogens is 394 g/mol. The normalized spacial score (nSPS) is 18.9. The number of rotatable bonds is 3. The Labute approximate surface area is 161 Å². The minimum absolute atomic E-state index is 0.0752. The number of amidine groups is 1. The molecule has 0 aliphatic carbocycles. The first-order valence-corrected chi connectivity index (χ1v) is 8.19. The van der Waals surface area contributed by atoms with Crippen LogP contribution in [0.4, 0.5) is 23.2 Å². The summed E-state index contributed by atoms with van der Waals surface area (Å²) >= 11 is 0. The molecule has 150 valence electrons. The zero-order valence-corrected chi connectivity index (χ0v) is 14.6. The van der Waals surface area contributed by atoms with E-state index in [9.17, 15) is 22.4 Å². The van der Waals surface area contributed by atoms with Gasteiger partial charge < -0.3 is 15.8 Å². The van der Waals surface area contributed by atoms with Gasteiger partial charge in [-0.15, -0.1) is 0 Å². The average molecular weight is 407 g/mol. The van der Waals surface area contributed by atoms with Crippen molar-refractivity contribution in [1.29, 1.82) is 5.26 Å². The van der Waals surface area contributed by atoms with Crippen molar-refractivity contribution < 1.29 is 27.1 Å². The third kappa shape index (κ3) is 3.82. The number of carbonyl (C=O) groups excluding carboxylic acids is 1. The van der Waals surface area contributed by atoms with E-state index in [1.165, 1.54) is 18.3 Å². The van der Waals surface area contributed by atoms with Crippen LogP contribution in [-0.4, -0.2) is 29.7 Å². The molecule has 0 unspecified atom stereocenters. The average Bonchev–Trinajstić information content (AvgIpc) is 2.68. The molecule has 2 aromatic rings. The number of hydrogen-bond acceptors (Lipinski definition) is 6. The summed E-state index contributed by atoms with van der Waals surface area (Å²) in [5.41, 5.74) is 1.65. The number of anilines is 1. The first kappa shape index (κ1) is 20.1. The van der Waals surface area contributed by atoms with E-state index in [-0.39, 0.29) is 16.9 Å². The molecule has 0 bridgehead atoms. The van der Waals surface area contributed by atoms with E-state index in [1.807, 2.05) is 6.07 Å². The lowest BCUT2D eigenvalue weighted by Gasteiger charge is -2.35. The minimum Gasteiger partial charge on any atom is -0.465 e. The molecule has 1 aromatic heterocycles. The van der Waals surface area contributed by atoms with Gasteiger partial charge in [-0.3, -0.25) is 4.79 Å². The van der Waals surface area contributed by atoms with Gasteiger partial charge >= 0.3 is 6.18 Å². The topological polar surface area (TPSA) is 113 Å². The maximum absolute atomic E-state index is 14.4. The molecule has 3 N–H and O–H groups in total. The number of hydrogen-bond donors (Lipinski definition) is 2. The second kappa shape index (κ2) is 7.38. The molecule has 3 rings (SSSR count). The fourth-order valence-electron chi connectivity index (χ4n) is 2.84. The third-order valence-corrected chi connectivity index (χ3v) is 4.28. The van der Waals surface area contributed by atoms with E-state index in [4.69, 9.17) is 15.7 Å². The fraction of sp³-hybridized carbons (Fsp3) is 0.222. The molecule has 0 saturated heterocycles. The van der Waals surface area contributed by atoms with Gasteiger partial charge in [0, 0.05) is 23.9 Å². The Bertz CT molecular complexity index is 1010. The number of aliphatic imine (C=N–C) groups is 1. The van der Waals surface area contributed by atoms with Crippen LogP contribution >= 0.6 is 0 Å². The lowest BCUT2D eigenvalue weighted by atomic mass is 9.85. The molecule has 1 aliphatic heterocycles. The summed E-state index contributed by atoms with van der Waals surface area (Å²) in [7, 11) is 0. The van der Waals surface area contributed by atoms with Crippen molar-refractivity contribution >= 4 is 17.6 Å². The second-order valence-corrected chi connectivity index (χ2v) is 6.10. The van der Waals surface area contributed by atoms with Crippen LogP contribution < -0.4 is 11.1 Å². The summed E-state index contributed by atoms with van der Waals surface area (Å²) < 4.78 is 60.7. The van der Waals surface area contributed by atoms with E-state index in [0.717, 1.165) is 18.2 Å². The molecule has 11 heteroatoms. The Morgan fingerprint density at radius 3 is 2.66 bits per heavy atom. The number of halogens is 4. The lowest BCUT2D eigenvalue weighted by Crippen LogP contribution is -2.47. The molecule has 1 amide bonds. The number of amides is 1. The Morgan fingerprint density at radius 1 is 1.31 bits per heavy atom. The molecule has 0 spiro atoms. The molecule has 7 nitrogen and oxygen atoms in total. The number of nitrogens with two attached hydrogens (primary N) is 1. The van der Waals surface area contributed by atoms with E-state index in [0.29, 0.717) is 0 Å². The monoisotopic (exact) mass is 407 g/mol. The first-order chi connectivity index (χ1) is 13.7. The van der Waals surface area contributed by atoms with Crippen molar-refractivity contribution in [1.82, 2.24) is 4.98 Å². The SMILES string of the molecule is N#Cc1ccc(C(=O)Nc2ccc(F)c([C@@]3(C(F)(F)F)CCOC(N)=N3)c2)nc1. The smallest absolute Gasteiger partial charge is 0.418 e. The van der Waals surface area contributed by atoms with Crippen molar-refractivity contribution in [3.63, 3.8) is 0 Å². The standard InChI is InChI=1S/C18H13F4N5O2/c19-13-3-2-11(26-15(28)14-4-1-10(8-23)9-25-14)7-12(13)17(18(20,21)22)5-6-29-16(24)27-17/h1-4,7,9H,5-6H2,(H2,24,27)(H,26,28)/t17-/m1/s1. The number of nitrogens with zero attached hydrogens (tertiary/aromatic N) is 3. The number of nitrogens with one attached hydrogen (secondary N) is 1. The number of carbonyl (C=O) groups is 1. The second-order valence-electron chi connectivity index (χ2n) is 6.10. The number of alkyl halides is 3. The van der Waals surface area contributed by atoms with Crippen molar-refractivity contribution in [3.8, 4) is 6.07 Å². The Hall–Kier alpha value is -3.68. The van der Waals surface area contributed by atoms with E-state index in [2.05, 4.69) is 15.3 Å². The van der Waals surface area contributed by atoms with Gasteiger partial charge in [0.05, 0.1) is 12.2 Å². The van der Waals surface area contributed by atoms with Gasteiger partial charge in [0.15, 0.2) is 5.54 Å². The first-order valence-electron chi connectivity index (χ1n) is 8.19. The predicted molar refractivity (Wildman–Crippen MR) is 93.2 cm³/mol. The van der Waals surface area contributed by atoms with Crippen LogP contribution in [0.15, 0.2) is 41.5 Å². The van der Waals surface area contributed by atoms with Gasteiger partial charge in [0.1, 0.15) is 17.6 Å². The zero-order chi connectivity index (χ0) is 21.2. The van der Waals surface area contributed by atoms with Crippen LogP contribution in [0.1, 0.15) is 28.0 Å². The summed E-state index contributed by atoms with van der Waals surface area (Å²) in [4.78, 5) is 19.4. The van der Waals surface area contributed by atoms with Crippen molar-refractivity contribution in [2.45, 2.75) is 18.1 Å². The van der Waals surface area contributed by atoms with E-state index in [1.54, 1.807) is 0 Å². The highest BCUT2D eigenvalue weighted by molar-refractivity contribution is 6.02. The molecule has 29 heavy (non-hydrogen) atoms. The highest BCUT2D eigenvalue weighted by Gasteiger charge is 2.59. The van der Waals surface area contributed by atoms with Gasteiger partial charge in [-0.25, -0.2) is 14.4 Å². The lowest BCUT2D eigenvalue weighted by molar-refractivity contribution is -0.196. The highest BCUT2D eigenvalue weighted by atomic mass is 19.4. The third-order valence-electron chi connectivity index (χ3n) is 4.28. The number of benzene rings is 1. The Kier molecular flexibility index (Phi) is 5.11.